The molecule has 90 valence electrons. The molecule has 0 fully saturated rings. The van der Waals surface area contributed by atoms with Gasteiger partial charge >= 0.3 is 0 Å². The standard InChI is InChI=1S/C10H7F4N3/c1-2-5-15-3-4-17(5)8-6(11)9(13)16-10(14)7(8)12/h3-4H,2H2,1H3. The zero-order valence-corrected chi connectivity index (χ0v) is 8.72. The van der Waals surface area contributed by atoms with Crippen LogP contribution in [0.15, 0.2) is 12.4 Å². The van der Waals surface area contributed by atoms with E-state index in [0.29, 0.717) is 6.42 Å². The van der Waals surface area contributed by atoms with Crippen LogP contribution < -0.4 is 0 Å². The Kier molecular flexibility index (Phi) is 2.83. The monoisotopic (exact) mass is 245 g/mol. The van der Waals surface area contributed by atoms with E-state index in [1.165, 1.54) is 12.4 Å². The lowest BCUT2D eigenvalue weighted by atomic mass is 10.3. The Bertz CT molecular complexity index is 539. The number of hydrogen-bond acceptors (Lipinski definition) is 2. The van der Waals surface area contributed by atoms with Crippen molar-refractivity contribution in [1.82, 2.24) is 14.5 Å². The van der Waals surface area contributed by atoms with E-state index in [9.17, 15) is 17.6 Å². The molecule has 3 nitrogen and oxygen atoms in total. The second kappa shape index (κ2) is 4.15. The summed E-state index contributed by atoms with van der Waals surface area (Å²) in [6.45, 7) is 1.70. The highest BCUT2D eigenvalue weighted by molar-refractivity contribution is 5.35. The van der Waals surface area contributed by atoms with Gasteiger partial charge in [0.15, 0.2) is 0 Å². The molecule has 2 aromatic rings. The van der Waals surface area contributed by atoms with Crippen LogP contribution >= 0.6 is 0 Å². The van der Waals surface area contributed by atoms with Gasteiger partial charge in [0.1, 0.15) is 11.5 Å². The first-order valence-corrected chi connectivity index (χ1v) is 4.78. The third kappa shape index (κ3) is 1.77. The SMILES string of the molecule is CCc1nccn1-c1c(F)c(F)nc(F)c1F. The largest absolute Gasteiger partial charge is 0.298 e. The lowest BCUT2D eigenvalue weighted by Gasteiger charge is -2.09. The third-order valence-electron chi connectivity index (χ3n) is 2.25. The van der Waals surface area contributed by atoms with Crippen LogP contribution in [-0.4, -0.2) is 14.5 Å². The number of pyridine rings is 1. The first-order valence-electron chi connectivity index (χ1n) is 4.78. The molecule has 2 rings (SSSR count). The molecule has 7 heteroatoms. The molecule has 2 heterocycles. The van der Waals surface area contributed by atoms with Crippen molar-refractivity contribution in [2.75, 3.05) is 0 Å². The summed E-state index contributed by atoms with van der Waals surface area (Å²) in [6, 6.07) is 0. The third-order valence-corrected chi connectivity index (χ3v) is 2.25. The van der Waals surface area contributed by atoms with E-state index in [1.807, 2.05) is 0 Å². The van der Waals surface area contributed by atoms with Gasteiger partial charge in [0.05, 0.1) is 0 Å². The molecule has 0 atom stereocenters. The molecular formula is C10H7F4N3. The van der Waals surface area contributed by atoms with Gasteiger partial charge in [-0.2, -0.15) is 22.5 Å². The van der Waals surface area contributed by atoms with Crippen molar-refractivity contribution in [1.29, 1.82) is 0 Å². The van der Waals surface area contributed by atoms with Gasteiger partial charge in [0, 0.05) is 18.8 Å². The van der Waals surface area contributed by atoms with Gasteiger partial charge in [-0.25, -0.2) is 4.98 Å². The molecule has 0 aliphatic rings. The Morgan fingerprint density at radius 3 is 2.24 bits per heavy atom. The van der Waals surface area contributed by atoms with E-state index in [1.54, 1.807) is 6.92 Å². The average molecular weight is 245 g/mol. The van der Waals surface area contributed by atoms with Gasteiger partial charge in [-0.1, -0.05) is 6.92 Å². The molecule has 0 N–H and O–H groups in total. The minimum absolute atomic E-state index is 0.285. The number of halogens is 4. The van der Waals surface area contributed by atoms with Crippen molar-refractivity contribution in [3.63, 3.8) is 0 Å². The number of hydrogen-bond donors (Lipinski definition) is 0. The molecule has 17 heavy (non-hydrogen) atoms. The number of rotatable bonds is 2. The predicted octanol–water partition coefficient (Wildman–Crippen LogP) is 2.39. The summed E-state index contributed by atoms with van der Waals surface area (Å²) in [5.41, 5.74) is -0.843. The van der Waals surface area contributed by atoms with Gasteiger partial charge in [-0.05, 0) is 0 Å². The van der Waals surface area contributed by atoms with E-state index in [2.05, 4.69) is 9.97 Å². The summed E-state index contributed by atoms with van der Waals surface area (Å²) in [6.07, 6.45) is 2.87. The summed E-state index contributed by atoms with van der Waals surface area (Å²) in [7, 11) is 0. The van der Waals surface area contributed by atoms with Crippen LogP contribution in [0.2, 0.25) is 0 Å². The highest BCUT2D eigenvalue weighted by Crippen LogP contribution is 2.22. The molecule has 0 saturated carbocycles. The molecule has 0 unspecified atom stereocenters. The lowest BCUT2D eigenvalue weighted by molar-refractivity contribution is 0.402. The van der Waals surface area contributed by atoms with Crippen LogP contribution in [-0.2, 0) is 6.42 Å². The zero-order valence-electron chi connectivity index (χ0n) is 8.72. The predicted molar refractivity (Wildman–Crippen MR) is 50.6 cm³/mol. The molecule has 0 bridgehead atoms. The van der Waals surface area contributed by atoms with Crippen molar-refractivity contribution >= 4 is 0 Å². The summed E-state index contributed by atoms with van der Waals surface area (Å²) in [5.74, 6) is -6.18. The fourth-order valence-electron chi connectivity index (χ4n) is 1.49. The summed E-state index contributed by atoms with van der Waals surface area (Å²) in [5, 5.41) is 0. The first kappa shape index (κ1) is 11.6. The normalized spacial score (nSPS) is 10.9. The van der Waals surface area contributed by atoms with Crippen molar-refractivity contribution in [3.05, 3.63) is 41.7 Å². The number of aromatic nitrogens is 3. The van der Waals surface area contributed by atoms with Crippen LogP contribution in [0.25, 0.3) is 5.69 Å². The lowest BCUT2D eigenvalue weighted by Crippen LogP contribution is -2.10. The molecule has 0 radical (unpaired) electrons. The van der Waals surface area contributed by atoms with Crippen molar-refractivity contribution in [2.45, 2.75) is 13.3 Å². The van der Waals surface area contributed by atoms with Crippen molar-refractivity contribution in [2.24, 2.45) is 0 Å². The Morgan fingerprint density at radius 2 is 1.71 bits per heavy atom. The van der Waals surface area contributed by atoms with E-state index in [4.69, 9.17) is 0 Å². The quantitative estimate of drug-likeness (QED) is 0.600. The van der Waals surface area contributed by atoms with Gasteiger partial charge in [0.25, 0.3) is 11.9 Å². The molecule has 0 aromatic carbocycles. The fourth-order valence-corrected chi connectivity index (χ4v) is 1.49. The number of nitrogens with zero attached hydrogens (tertiary/aromatic N) is 3. The van der Waals surface area contributed by atoms with Gasteiger partial charge in [-0.15, -0.1) is 0 Å². The molecular weight excluding hydrogens is 238 g/mol. The van der Waals surface area contributed by atoms with Crippen LogP contribution in [0.5, 0.6) is 0 Å². The summed E-state index contributed by atoms with van der Waals surface area (Å²) in [4.78, 5) is 6.30. The molecule has 2 aromatic heterocycles. The van der Waals surface area contributed by atoms with Crippen molar-refractivity contribution in [3.8, 4) is 5.69 Å². The minimum atomic E-state index is -1.69. The Hall–Kier alpha value is -1.92. The van der Waals surface area contributed by atoms with Gasteiger partial charge < -0.3 is 0 Å². The minimum Gasteiger partial charge on any atom is -0.298 e. The van der Waals surface area contributed by atoms with Crippen LogP contribution in [0, 0.1) is 23.5 Å². The maximum absolute atomic E-state index is 13.4. The average Bonchev–Trinajstić information content (AvgIpc) is 2.75. The molecule has 0 aliphatic carbocycles. The number of imidazole rings is 1. The van der Waals surface area contributed by atoms with Gasteiger partial charge in [-0.3, -0.25) is 4.57 Å². The van der Waals surface area contributed by atoms with Crippen LogP contribution in [0.1, 0.15) is 12.7 Å². The zero-order chi connectivity index (χ0) is 12.6. The van der Waals surface area contributed by atoms with E-state index >= 15 is 0 Å². The maximum Gasteiger partial charge on any atom is 0.253 e. The van der Waals surface area contributed by atoms with E-state index in [0.717, 1.165) is 4.57 Å². The summed E-state index contributed by atoms with van der Waals surface area (Å²) >= 11 is 0. The van der Waals surface area contributed by atoms with E-state index < -0.39 is 29.2 Å². The molecule has 0 saturated heterocycles. The highest BCUT2D eigenvalue weighted by atomic mass is 19.2. The topological polar surface area (TPSA) is 30.7 Å². The van der Waals surface area contributed by atoms with E-state index in [-0.39, 0.29) is 5.82 Å². The Labute approximate surface area is 93.7 Å². The molecule has 0 amide bonds. The second-order valence-electron chi connectivity index (χ2n) is 3.24. The molecule has 0 aliphatic heterocycles. The van der Waals surface area contributed by atoms with Crippen LogP contribution in [0.4, 0.5) is 17.6 Å². The van der Waals surface area contributed by atoms with Gasteiger partial charge in [0.2, 0.25) is 11.6 Å². The Balaban J connectivity index is 2.75. The fraction of sp³-hybridized carbons (Fsp3) is 0.200. The highest BCUT2D eigenvalue weighted by Gasteiger charge is 2.23. The Morgan fingerprint density at radius 1 is 1.12 bits per heavy atom. The first-order chi connectivity index (χ1) is 8.06. The number of aryl methyl sites for hydroxylation is 1. The second-order valence-corrected chi connectivity index (χ2v) is 3.24. The summed E-state index contributed by atoms with van der Waals surface area (Å²) < 4.78 is 53.7. The smallest absolute Gasteiger partial charge is 0.253 e. The van der Waals surface area contributed by atoms with Crippen LogP contribution in [0.3, 0.4) is 0 Å². The molecule has 0 spiro atoms. The van der Waals surface area contributed by atoms with Crippen molar-refractivity contribution < 1.29 is 17.6 Å². The maximum atomic E-state index is 13.4.